The fourth-order valence-corrected chi connectivity index (χ4v) is 2.54. The van der Waals surface area contributed by atoms with Crippen molar-refractivity contribution in [3.63, 3.8) is 0 Å². The smallest absolute Gasteiger partial charge is 0.410 e. The van der Waals surface area contributed by atoms with Crippen LogP contribution < -0.4 is 5.73 Å². The van der Waals surface area contributed by atoms with E-state index in [1.807, 2.05) is 30.3 Å². The van der Waals surface area contributed by atoms with Crippen LogP contribution in [0.15, 0.2) is 30.3 Å². The van der Waals surface area contributed by atoms with Crippen LogP contribution in [0.5, 0.6) is 0 Å². The zero-order valence-electron chi connectivity index (χ0n) is 13.1. The summed E-state index contributed by atoms with van der Waals surface area (Å²) in [7, 11) is 1.73. The number of likely N-dealkylation sites (N-methyl/N-ethyl adjacent to an activating group) is 1. The summed E-state index contributed by atoms with van der Waals surface area (Å²) in [6.07, 6.45) is 0.406. The number of likely N-dealkylation sites (tertiary alicyclic amines) is 1. The molecule has 1 aliphatic rings. The van der Waals surface area contributed by atoms with E-state index in [1.165, 1.54) is 0 Å². The van der Waals surface area contributed by atoms with Crippen LogP contribution in [0.25, 0.3) is 0 Å². The van der Waals surface area contributed by atoms with Crippen molar-refractivity contribution in [3.8, 4) is 0 Å². The molecule has 22 heavy (non-hydrogen) atoms. The molecule has 1 aromatic rings. The normalized spacial score (nSPS) is 18.9. The Morgan fingerprint density at radius 1 is 1.41 bits per heavy atom. The third kappa shape index (κ3) is 3.98. The van der Waals surface area contributed by atoms with Gasteiger partial charge in [-0.15, -0.1) is 0 Å². The summed E-state index contributed by atoms with van der Waals surface area (Å²) in [6, 6.07) is 9.03. The predicted molar refractivity (Wildman–Crippen MR) is 83.0 cm³/mol. The number of nitrogens with two attached hydrogens (primary N) is 1. The molecule has 2 rings (SSSR count). The van der Waals surface area contributed by atoms with Gasteiger partial charge in [0.15, 0.2) is 0 Å². The molecule has 0 bridgehead atoms. The molecule has 2 N–H and O–H groups in total. The second kappa shape index (κ2) is 7.26. The predicted octanol–water partition coefficient (Wildman–Crippen LogP) is 1.20. The number of carbonyl (C=O) groups is 2. The molecule has 2 atom stereocenters. The zero-order valence-corrected chi connectivity index (χ0v) is 13.1. The van der Waals surface area contributed by atoms with E-state index in [-0.39, 0.29) is 24.6 Å². The second-order valence-corrected chi connectivity index (χ2v) is 5.67. The maximum atomic E-state index is 12.1. The third-order valence-electron chi connectivity index (χ3n) is 3.91. The lowest BCUT2D eigenvalue weighted by Crippen LogP contribution is -2.46. The van der Waals surface area contributed by atoms with Gasteiger partial charge in [-0.1, -0.05) is 30.3 Å². The van der Waals surface area contributed by atoms with E-state index in [0.717, 1.165) is 12.0 Å². The summed E-state index contributed by atoms with van der Waals surface area (Å²) in [4.78, 5) is 27.2. The Morgan fingerprint density at radius 3 is 2.73 bits per heavy atom. The van der Waals surface area contributed by atoms with Crippen LogP contribution in [-0.4, -0.2) is 54.0 Å². The molecule has 0 aromatic heterocycles. The lowest BCUT2D eigenvalue weighted by atomic mass is 10.2. The SMILES string of the molecule is C[C@H](N)C(=O)N(C)[C@@H]1CCN(C(=O)OCc2ccccc2)C1. The maximum absolute atomic E-state index is 12.1. The van der Waals surface area contributed by atoms with Crippen molar-refractivity contribution in [1.82, 2.24) is 9.80 Å². The van der Waals surface area contributed by atoms with Crippen molar-refractivity contribution in [2.45, 2.75) is 32.0 Å². The number of rotatable bonds is 4. The average molecular weight is 305 g/mol. The number of amides is 2. The summed E-state index contributed by atoms with van der Waals surface area (Å²) in [5.41, 5.74) is 6.57. The number of carbonyl (C=O) groups excluding carboxylic acids is 2. The topological polar surface area (TPSA) is 75.9 Å². The summed E-state index contributed by atoms with van der Waals surface area (Å²) < 4.78 is 5.31. The van der Waals surface area contributed by atoms with Crippen LogP contribution in [0.1, 0.15) is 18.9 Å². The Labute approximate surface area is 130 Å². The first-order chi connectivity index (χ1) is 10.5. The first kappa shape index (κ1) is 16.3. The lowest BCUT2D eigenvalue weighted by molar-refractivity contribution is -0.132. The Kier molecular flexibility index (Phi) is 5.38. The first-order valence-electron chi connectivity index (χ1n) is 7.47. The van der Waals surface area contributed by atoms with E-state index in [0.29, 0.717) is 13.1 Å². The van der Waals surface area contributed by atoms with Crippen molar-refractivity contribution in [2.75, 3.05) is 20.1 Å². The monoisotopic (exact) mass is 305 g/mol. The molecule has 1 aliphatic heterocycles. The van der Waals surface area contributed by atoms with Crippen LogP contribution in [-0.2, 0) is 16.1 Å². The van der Waals surface area contributed by atoms with Crippen LogP contribution in [0.3, 0.4) is 0 Å². The molecule has 120 valence electrons. The standard InChI is InChI=1S/C16H23N3O3/c1-12(17)15(20)18(2)14-8-9-19(10-14)16(21)22-11-13-6-4-3-5-7-13/h3-7,12,14H,8-11,17H2,1-2H3/t12-,14+/m0/s1. The van der Waals surface area contributed by atoms with E-state index >= 15 is 0 Å². The quantitative estimate of drug-likeness (QED) is 0.907. The summed E-state index contributed by atoms with van der Waals surface area (Å²) in [5, 5.41) is 0. The number of hydrogen-bond acceptors (Lipinski definition) is 4. The van der Waals surface area contributed by atoms with Gasteiger partial charge in [-0.25, -0.2) is 4.79 Å². The largest absolute Gasteiger partial charge is 0.445 e. The van der Waals surface area contributed by atoms with E-state index in [2.05, 4.69) is 0 Å². The average Bonchev–Trinajstić information content (AvgIpc) is 3.02. The number of hydrogen-bond donors (Lipinski definition) is 1. The number of nitrogens with zero attached hydrogens (tertiary/aromatic N) is 2. The molecular formula is C16H23N3O3. The molecule has 0 spiro atoms. The van der Waals surface area contributed by atoms with Crippen LogP contribution in [0, 0.1) is 0 Å². The Bertz CT molecular complexity index is 519. The van der Waals surface area contributed by atoms with Gasteiger partial charge in [0, 0.05) is 20.1 Å². The van der Waals surface area contributed by atoms with Gasteiger partial charge in [-0.2, -0.15) is 0 Å². The van der Waals surface area contributed by atoms with Crippen LogP contribution in [0.2, 0.25) is 0 Å². The van der Waals surface area contributed by atoms with Gasteiger partial charge in [0.1, 0.15) is 6.61 Å². The molecule has 0 radical (unpaired) electrons. The number of benzene rings is 1. The molecule has 6 nitrogen and oxygen atoms in total. The number of ether oxygens (including phenoxy) is 1. The minimum atomic E-state index is -0.524. The fourth-order valence-electron chi connectivity index (χ4n) is 2.54. The highest BCUT2D eigenvalue weighted by Gasteiger charge is 2.32. The molecule has 0 saturated carbocycles. The van der Waals surface area contributed by atoms with Crippen molar-refractivity contribution in [2.24, 2.45) is 5.73 Å². The molecule has 2 amide bonds. The van der Waals surface area contributed by atoms with Gasteiger partial charge >= 0.3 is 6.09 Å². The van der Waals surface area contributed by atoms with E-state index in [9.17, 15) is 9.59 Å². The molecule has 6 heteroatoms. The first-order valence-corrected chi connectivity index (χ1v) is 7.47. The van der Waals surface area contributed by atoms with Gasteiger partial charge in [-0.05, 0) is 18.9 Å². The van der Waals surface area contributed by atoms with Crippen molar-refractivity contribution in [1.29, 1.82) is 0 Å². The van der Waals surface area contributed by atoms with Gasteiger partial charge < -0.3 is 20.3 Å². The van der Waals surface area contributed by atoms with E-state index in [1.54, 1.807) is 23.8 Å². The Hall–Kier alpha value is -2.08. The van der Waals surface area contributed by atoms with Crippen molar-refractivity contribution >= 4 is 12.0 Å². The Balaban J connectivity index is 1.82. The van der Waals surface area contributed by atoms with Gasteiger partial charge in [0.2, 0.25) is 5.91 Å². The highest BCUT2D eigenvalue weighted by atomic mass is 16.6. The zero-order chi connectivity index (χ0) is 16.1. The van der Waals surface area contributed by atoms with Crippen molar-refractivity contribution < 1.29 is 14.3 Å². The van der Waals surface area contributed by atoms with Crippen LogP contribution in [0.4, 0.5) is 4.79 Å². The molecule has 0 unspecified atom stereocenters. The maximum Gasteiger partial charge on any atom is 0.410 e. The fraction of sp³-hybridized carbons (Fsp3) is 0.500. The highest BCUT2D eigenvalue weighted by Crippen LogP contribution is 2.16. The third-order valence-corrected chi connectivity index (χ3v) is 3.91. The minimum Gasteiger partial charge on any atom is -0.445 e. The molecule has 0 aliphatic carbocycles. The molecule has 1 saturated heterocycles. The van der Waals surface area contributed by atoms with Crippen LogP contribution >= 0.6 is 0 Å². The molecule has 1 fully saturated rings. The summed E-state index contributed by atoms with van der Waals surface area (Å²) in [5.74, 6) is -0.107. The lowest BCUT2D eigenvalue weighted by Gasteiger charge is -2.26. The minimum absolute atomic E-state index is 0.00257. The highest BCUT2D eigenvalue weighted by molar-refractivity contribution is 5.81. The summed E-state index contributed by atoms with van der Waals surface area (Å²) in [6.45, 7) is 3.01. The van der Waals surface area contributed by atoms with E-state index in [4.69, 9.17) is 10.5 Å². The molecule has 1 aromatic carbocycles. The van der Waals surface area contributed by atoms with Gasteiger partial charge in [0.25, 0.3) is 0 Å². The molecular weight excluding hydrogens is 282 g/mol. The van der Waals surface area contributed by atoms with E-state index < -0.39 is 6.04 Å². The van der Waals surface area contributed by atoms with Gasteiger partial charge in [0.05, 0.1) is 12.1 Å². The van der Waals surface area contributed by atoms with Crippen molar-refractivity contribution in [3.05, 3.63) is 35.9 Å². The molecule has 1 heterocycles. The summed E-state index contributed by atoms with van der Waals surface area (Å²) >= 11 is 0. The Morgan fingerprint density at radius 2 is 2.09 bits per heavy atom. The van der Waals surface area contributed by atoms with Gasteiger partial charge in [-0.3, -0.25) is 4.79 Å². The second-order valence-electron chi connectivity index (χ2n) is 5.67.